The summed E-state index contributed by atoms with van der Waals surface area (Å²) < 4.78 is 0. The first-order valence-electron chi connectivity index (χ1n) is 4.73. The van der Waals surface area contributed by atoms with Crippen LogP contribution in [0.4, 0.5) is 5.69 Å². The molecule has 0 aliphatic carbocycles. The van der Waals surface area contributed by atoms with Crippen LogP contribution < -0.4 is 10.2 Å². The summed E-state index contributed by atoms with van der Waals surface area (Å²) in [6, 6.07) is 7.60. The standard InChI is InChI=1S/C11H16N2O/c1-4-13(3)10-8-6-5-7-9(10)11(14)12-2/h5-8H,4H2,1-3H3,(H,12,14). The molecular formula is C11H16N2O. The summed E-state index contributed by atoms with van der Waals surface area (Å²) in [6.07, 6.45) is 0. The summed E-state index contributed by atoms with van der Waals surface area (Å²) in [5, 5.41) is 2.64. The Labute approximate surface area is 84.7 Å². The van der Waals surface area contributed by atoms with Crippen LogP contribution in [-0.2, 0) is 0 Å². The third kappa shape index (κ3) is 2.05. The summed E-state index contributed by atoms with van der Waals surface area (Å²) in [5.74, 6) is -0.0408. The van der Waals surface area contributed by atoms with Gasteiger partial charge in [0.25, 0.3) is 5.91 Å². The van der Waals surface area contributed by atoms with Crippen molar-refractivity contribution in [2.75, 3.05) is 25.5 Å². The first-order chi connectivity index (χ1) is 6.70. The molecule has 1 rings (SSSR count). The van der Waals surface area contributed by atoms with Crippen molar-refractivity contribution in [2.45, 2.75) is 6.92 Å². The van der Waals surface area contributed by atoms with Gasteiger partial charge in [-0.25, -0.2) is 0 Å². The highest BCUT2D eigenvalue weighted by Crippen LogP contribution is 2.18. The molecule has 1 aromatic rings. The molecule has 0 fully saturated rings. The number of para-hydroxylation sites is 1. The van der Waals surface area contributed by atoms with E-state index in [4.69, 9.17) is 0 Å². The quantitative estimate of drug-likeness (QED) is 0.787. The number of benzene rings is 1. The maximum Gasteiger partial charge on any atom is 0.253 e. The van der Waals surface area contributed by atoms with Crippen LogP contribution in [0.25, 0.3) is 0 Å². The van der Waals surface area contributed by atoms with E-state index < -0.39 is 0 Å². The van der Waals surface area contributed by atoms with E-state index in [0.29, 0.717) is 0 Å². The number of rotatable bonds is 3. The Balaban J connectivity index is 3.09. The van der Waals surface area contributed by atoms with E-state index in [-0.39, 0.29) is 5.91 Å². The van der Waals surface area contributed by atoms with E-state index >= 15 is 0 Å². The Hall–Kier alpha value is -1.51. The van der Waals surface area contributed by atoms with Gasteiger partial charge in [0.1, 0.15) is 0 Å². The lowest BCUT2D eigenvalue weighted by Gasteiger charge is -2.19. The SMILES string of the molecule is CCN(C)c1ccccc1C(=O)NC. The molecule has 3 nitrogen and oxygen atoms in total. The average molecular weight is 192 g/mol. The molecule has 1 N–H and O–H groups in total. The molecule has 0 saturated heterocycles. The predicted octanol–water partition coefficient (Wildman–Crippen LogP) is 1.50. The summed E-state index contributed by atoms with van der Waals surface area (Å²) in [4.78, 5) is 13.6. The molecule has 0 aliphatic heterocycles. The van der Waals surface area contributed by atoms with Gasteiger partial charge in [-0.05, 0) is 19.1 Å². The normalized spacial score (nSPS) is 9.64. The fourth-order valence-corrected chi connectivity index (χ4v) is 1.30. The second-order valence-electron chi connectivity index (χ2n) is 3.11. The molecule has 1 amide bonds. The van der Waals surface area contributed by atoms with Gasteiger partial charge in [0.05, 0.1) is 5.56 Å². The molecular weight excluding hydrogens is 176 g/mol. The van der Waals surface area contributed by atoms with Crippen LogP contribution in [0.2, 0.25) is 0 Å². The van der Waals surface area contributed by atoms with Crippen molar-refractivity contribution in [3.63, 3.8) is 0 Å². The van der Waals surface area contributed by atoms with Crippen molar-refractivity contribution in [2.24, 2.45) is 0 Å². The molecule has 76 valence electrons. The van der Waals surface area contributed by atoms with Crippen LogP contribution in [0.15, 0.2) is 24.3 Å². The van der Waals surface area contributed by atoms with Crippen LogP contribution in [-0.4, -0.2) is 26.5 Å². The molecule has 0 heterocycles. The maximum atomic E-state index is 11.5. The summed E-state index contributed by atoms with van der Waals surface area (Å²) in [7, 11) is 3.62. The Bertz CT molecular complexity index is 323. The summed E-state index contributed by atoms with van der Waals surface area (Å²) >= 11 is 0. The minimum absolute atomic E-state index is 0.0408. The van der Waals surface area contributed by atoms with E-state index in [1.165, 1.54) is 0 Å². The second kappa shape index (κ2) is 4.65. The minimum atomic E-state index is -0.0408. The monoisotopic (exact) mass is 192 g/mol. The van der Waals surface area contributed by atoms with Crippen LogP contribution in [0, 0.1) is 0 Å². The molecule has 1 aromatic carbocycles. The maximum absolute atomic E-state index is 11.5. The van der Waals surface area contributed by atoms with Crippen LogP contribution in [0.5, 0.6) is 0 Å². The summed E-state index contributed by atoms with van der Waals surface area (Å²) in [6.45, 7) is 2.94. The van der Waals surface area contributed by atoms with Gasteiger partial charge < -0.3 is 10.2 Å². The number of carbonyl (C=O) groups excluding carboxylic acids is 1. The van der Waals surface area contributed by atoms with Crippen molar-refractivity contribution in [1.29, 1.82) is 0 Å². The summed E-state index contributed by atoms with van der Waals surface area (Å²) in [5.41, 5.74) is 1.69. The van der Waals surface area contributed by atoms with Gasteiger partial charge in [0.2, 0.25) is 0 Å². The first kappa shape index (κ1) is 10.6. The lowest BCUT2D eigenvalue weighted by Crippen LogP contribution is -2.24. The number of nitrogens with zero attached hydrogens (tertiary/aromatic N) is 1. The van der Waals surface area contributed by atoms with Gasteiger partial charge in [-0.2, -0.15) is 0 Å². The van der Waals surface area contributed by atoms with Gasteiger partial charge in [-0.3, -0.25) is 4.79 Å². The molecule has 0 aliphatic rings. The average Bonchev–Trinajstić information content (AvgIpc) is 2.27. The van der Waals surface area contributed by atoms with Gasteiger partial charge >= 0.3 is 0 Å². The van der Waals surface area contributed by atoms with Crippen molar-refractivity contribution in [3.8, 4) is 0 Å². The van der Waals surface area contributed by atoms with Crippen molar-refractivity contribution >= 4 is 11.6 Å². The number of hydrogen-bond donors (Lipinski definition) is 1. The zero-order valence-electron chi connectivity index (χ0n) is 8.87. The number of anilines is 1. The van der Waals surface area contributed by atoms with Crippen LogP contribution >= 0.6 is 0 Å². The fraction of sp³-hybridized carbons (Fsp3) is 0.364. The predicted molar refractivity (Wildman–Crippen MR) is 58.8 cm³/mol. The largest absolute Gasteiger partial charge is 0.374 e. The second-order valence-corrected chi connectivity index (χ2v) is 3.11. The van der Waals surface area contributed by atoms with E-state index in [0.717, 1.165) is 17.8 Å². The minimum Gasteiger partial charge on any atom is -0.374 e. The molecule has 14 heavy (non-hydrogen) atoms. The molecule has 0 saturated carbocycles. The Kier molecular flexibility index (Phi) is 3.51. The van der Waals surface area contributed by atoms with E-state index in [2.05, 4.69) is 12.2 Å². The topological polar surface area (TPSA) is 32.3 Å². The zero-order chi connectivity index (χ0) is 10.6. The van der Waals surface area contributed by atoms with Crippen molar-refractivity contribution < 1.29 is 4.79 Å². The van der Waals surface area contributed by atoms with Gasteiger partial charge in [-0.1, -0.05) is 12.1 Å². The first-order valence-corrected chi connectivity index (χ1v) is 4.73. The Morgan fingerprint density at radius 2 is 2.07 bits per heavy atom. The Morgan fingerprint density at radius 1 is 1.43 bits per heavy atom. The van der Waals surface area contributed by atoms with E-state index in [1.54, 1.807) is 7.05 Å². The zero-order valence-corrected chi connectivity index (χ0v) is 8.87. The van der Waals surface area contributed by atoms with Gasteiger partial charge in [0.15, 0.2) is 0 Å². The molecule has 0 atom stereocenters. The number of nitrogens with one attached hydrogen (secondary N) is 1. The van der Waals surface area contributed by atoms with E-state index in [1.807, 2.05) is 36.2 Å². The number of carbonyl (C=O) groups is 1. The highest BCUT2D eigenvalue weighted by Gasteiger charge is 2.10. The van der Waals surface area contributed by atoms with Gasteiger partial charge in [0, 0.05) is 26.3 Å². The molecule has 3 heteroatoms. The number of hydrogen-bond acceptors (Lipinski definition) is 2. The van der Waals surface area contributed by atoms with Crippen LogP contribution in [0.1, 0.15) is 17.3 Å². The van der Waals surface area contributed by atoms with E-state index in [9.17, 15) is 4.79 Å². The molecule has 0 bridgehead atoms. The third-order valence-corrected chi connectivity index (χ3v) is 2.26. The highest BCUT2D eigenvalue weighted by atomic mass is 16.1. The van der Waals surface area contributed by atoms with Crippen molar-refractivity contribution in [1.82, 2.24) is 5.32 Å². The molecule has 0 unspecified atom stereocenters. The lowest BCUT2D eigenvalue weighted by molar-refractivity contribution is 0.0963. The van der Waals surface area contributed by atoms with Gasteiger partial charge in [-0.15, -0.1) is 0 Å². The lowest BCUT2D eigenvalue weighted by atomic mass is 10.1. The molecule has 0 aromatic heterocycles. The molecule has 0 radical (unpaired) electrons. The molecule has 0 spiro atoms. The Morgan fingerprint density at radius 3 is 2.64 bits per heavy atom. The third-order valence-electron chi connectivity index (χ3n) is 2.26. The fourth-order valence-electron chi connectivity index (χ4n) is 1.30. The van der Waals surface area contributed by atoms with Crippen LogP contribution in [0.3, 0.4) is 0 Å². The van der Waals surface area contributed by atoms with Crippen molar-refractivity contribution in [3.05, 3.63) is 29.8 Å². The smallest absolute Gasteiger partial charge is 0.253 e. The highest BCUT2D eigenvalue weighted by molar-refractivity contribution is 5.99. The number of amides is 1.